The normalized spacial score (nSPS) is 13.2. The quantitative estimate of drug-likeness (QED) is 0.122. The lowest BCUT2D eigenvalue weighted by Gasteiger charge is -2.15. The van der Waals surface area contributed by atoms with Crippen LogP contribution in [0.25, 0.3) is 0 Å². The number of nitrogens with one attached hydrogen (secondary N) is 2. The summed E-state index contributed by atoms with van der Waals surface area (Å²) in [7, 11) is -2.08. The number of amides is 1. The molecule has 0 aliphatic heterocycles. The number of unbranched alkanes of at least 4 members (excludes halogenated alkanes) is 1. The molecular weight excluding hydrogens is 339 g/mol. The first-order chi connectivity index (χ1) is 11.8. The number of halogens is 2. The summed E-state index contributed by atoms with van der Waals surface area (Å²) in [4.78, 5) is 22.2. The van der Waals surface area contributed by atoms with E-state index < -0.39 is 48.1 Å². The summed E-state index contributed by atoms with van der Waals surface area (Å²) in [5.74, 6) is -3.80. The van der Waals surface area contributed by atoms with Gasteiger partial charge in [0.15, 0.2) is 6.35 Å². The molecule has 1 aromatic carbocycles. The molecule has 8 nitrogen and oxygen atoms in total. The van der Waals surface area contributed by atoms with Gasteiger partial charge in [0.25, 0.3) is 5.91 Å². The maximum absolute atomic E-state index is 13.8. The molecule has 0 heterocycles. The number of hydrogen-bond donors (Lipinski definition) is 6. The average Bonchev–Trinajstić information content (AvgIpc) is 2.53. The Hall–Kier alpha value is -1.92. The fourth-order valence-electron chi connectivity index (χ4n) is 2.02. The molecule has 0 aromatic heterocycles. The van der Waals surface area contributed by atoms with Gasteiger partial charge >= 0.3 is 7.12 Å². The van der Waals surface area contributed by atoms with E-state index in [1.165, 1.54) is 0 Å². The summed E-state index contributed by atoms with van der Waals surface area (Å²) in [6, 6.07) is 0.674. The van der Waals surface area contributed by atoms with Crippen LogP contribution >= 0.6 is 0 Å². The minimum Gasteiger partial charge on any atom is -0.423 e. The molecule has 11 heteroatoms. The Labute approximate surface area is 143 Å². The Morgan fingerprint density at radius 2 is 1.88 bits per heavy atom. The van der Waals surface area contributed by atoms with Crippen molar-refractivity contribution < 1.29 is 33.5 Å². The third kappa shape index (κ3) is 6.84. The molecule has 1 unspecified atom stereocenters. The van der Waals surface area contributed by atoms with Gasteiger partial charge in [-0.25, -0.2) is 8.78 Å². The second kappa shape index (κ2) is 10.2. The topological polar surface area (TPSA) is 145 Å². The Balaban J connectivity index is 2.51. The van der Waals surface area contributed by atoms with E-state index in [0.717, 1.165) is 0 Å². The number of carbonyl (C=O) groups excluding carboxylic acids is 2. The van der Waals surface area contributed by atoms with Gasteiger partial charge in [0.2, 0.25) is 0 Å². The van der Waals surface area contributed by atoms with Crippen molar-refractivity contribution in [2.45, 2.75) is 31.7 Å². The number of carbonyl (C=O) groups is 2. The molecule has 0 saturated carbocycles. The van der Waals surface area contributed by atoms with E-state index in [9.17, 15) is 23.5 Å². The van der Waals surface area contributed by atoms with Crippen molar-refractivity contribution in [1.29, 1.82) is 0 Å². The summed E-state index contributed by atoms with van der Waals surface area (Å²) in [6.45, 7) is 0.271. The average molecular weight is 359 g/mol. The minimum absolute atomic E-state index is 0.271. The predicted molar refractivity (Wildman–Crippen MR) is 85.5 cm³/mol. The van der Waals surface area contributed by atoms with Crippen LogP contribution in [-0.4, -0.2) is 53.4 Å². The smallest absolute Gasteiger partial charge is 0.423 e. The predicted octanol–water partition coefficient (Wildman–Crippen LogP) is -2.06. The first kappa shape index (κ1) is 21.1. The van der Waals surface area contributed by atoms with E-state index in [-0.39, 0.29) is 6.54 Å². The zero-order valence-electron chi connectivity index (χ0n) is 13.3. The molecule has 25 heavy (non-hydrogen) atoms. The van der Waals surface area contributed by atoms with Crippen LogP contribution in [0.2, 0.25) is 0 Å². The van der Waals surface area contributed by atoms with Crippen LogP contribution in [0.1, 0.15) is 29.6 Å². The Morgan fingerprint density at radius 1 is 1.28 bits per heavy atom. The highest BCUT2D eigenvalue weighted by molar-refractivity contribution is 6.58. The van der Waals surface area contributed by atoms with E-state index in [1.807, 2.05) is 5.32 Å². The molecule has 1 aromatic rings. The van der Waals surface area contributed by atoms with Gasteiger partial charge in [0.05, 0.1) is 6.04 Å². The van der Waals surface area contributed by atoms with Gasteiger partial charge in [-0.1, -0.05) is 6.42 Å². The number of aliphatic hydroxyl groups excluding tert-OH is 1. The molecule has 0 saturated heterocycles. The maximum Gasteiger partial charge on any atom is 0.488 e. The molecule has 0 fully saturated rings. The molecule has 1 rings (SSSR count). The van der Waals surface area contributed by atoms with Crippen molar-refractivity contribution in [3.8, 4) is 0 Å². The Morgan fingerprint density at radius 3 is 2.40 bits per heavy atom. The number of nitrogens with two attached hydrogens (primary N) is 1. The van der Waals surface area contributed by atoms with Gasteiger partial charge < -0.3 is 31.0 Å². The highest BCUT2D eigenvalue weighted by Gasteiger charge is 2.23. The standard InChI is InChI=1S/C14H20BF2N3O5/c16-10-5-8(15(24)25)6-11(17)12(10)13(22)20-14(23)19-4-2-1-3-9(18)7-21/h5-7,9,14,19,23-25H,1-4,18H2,(H,20,22)/t9-,14?/m0/s1. The van der Waals surface area contributed by atoms with E-state index >= 15 is 0 Å². The van der Waals surface area contributed by atoms with Crippen LogP contribution in [0.5, 0.6) is 0 Å². The number of rotatable bonds is 10. The zero-order valence-corrected chi connectivity index (χ0v) is 13.3. The number of hydrogen-bond acceptors (Lipinski definition) is 7. The van der Waals surface area contributed by atoms with Gasteiger partial charge in [-0.2, -0.15) is 0 Å². The molecule has 2 atom stereocenters. The van der Waals surface area contributed by atoms with Crippen LogP contribution in [0.4, 0.5) is 8.78 Å². The van der Waals surface area contributed by atoms with Crippen molar-refractivity contribution in [2.24, 2.45) is 5.73 Å². The van der Waals surface area contributed by atoms with E-state index in [4.69, 9.17) is 15.8 Å². The zero-order chi connectivity index (χ0) is 19.0. The summed E-state index contributed by atoms with van der Waals surface area (Å²) in [6.07, 6.45) is 0.733. The largest absolute Gasteiger partial charge is 0.488 e. The summed E-state index contributed by atoms with van der Waals surface area (Å²) < 4.78 is 27.5. The number of benzene rings is 1. The van der Waals surface area contributed by atoms with Gasteiger partial charge in [0, 0.05) is 0 Å². The molecule has 1 amide bonds. The van der Waals surface area contributed by atoms with Crippen molar-refractivity contribution >= 4 is 24.8 Å². The fraction of sp³-hybridized carbons (Fsp3) is 0.429. The van der Waals surface area contributed by atoms with Gasteiger partial charge in [0.1, 0.15) is 23.5 Å². The molecule has 0 aliphatic carbocycles. The lowest BCUT2D eigenvalue weighted by atomic mass is 9.79. The van der Waals surface area contributed by atoms with Crippen LogP contribution in [0.3, 0.4) is 0 Å². The summed E-state index contributed by atoms with van der Waals surface area (Å²) in [5, 5.41) is 31.8. The van der Waals surface area contributed by atoms with Crippen LogP contribution in [0, 0.1) is 11.6 Å². The van der Waals surface area contributed by atoms with Crippen molar-refractivity contribution in [1.82, 2.24) is 10.6 Å². The fourth-order valence-corrected chi connectivity index (χ4v) is 2.02. The van der Waals surface area contributed by atoms with Gasteiger partial charge in [-0.15, -0.1) is 0 Å². The first-order valence-electron chi connectivity index (χ1n) is 7.54. The number of aliphatic hydroxyl groups is 1. The van der Waals surface area contributed by atoms with E-state index in [2.05, 4.69) is 5.32 Å². The monoisotopic (exact) mass is 359 g/mol. The third-order valence-corrected chi connectivity index (χ3v) is 3.33. The summed E-state index contributed by atoms with van der Waals surface area (Å²) >= 11 is 0. The third-order valence-electron chi connectivity index (χ3n) is 3.33. The second-order valence-electron chi connectivity index (χ2n) is 5.36. The highest BCUT2D eigenvalue weighted by atomic mass is 19.1. The SMILES string of the molecule is N[C@H](C=O)CCCCNC(O)NC(=O)c1c(F)cc(B(O)O)cc1F. The van der Waals surface area contributed by atoms with E-state index in [1.54, 1.807) is 0 Å². The lowest BCUT2D eigenvalue weighted by Crippen LogP contribution is -2.46. The molecule has 0 spiro atoms. The first-order valence-corrected chi connectivity index (χ1v) is 7.54. The number of aldehydes is 1. The molecule has 138 valence electrons. The molecule has 0 aliphatic rings. The van der Waals surface area contributed by atoms with Gasteiger partial charge in [-0.05, 0) is 37.0 Å². The molecule has 0 radical (unpaired) electrons. The Kier molecular flexibility index (Phi) is 8.59. The van der Waals surface area contributed by atoms with Crippen molar-refractivity contribution in [3.05, 3.63) is 29.3 Å². The Bertz CT molecular complexity index is 583. The highest BCUT2D eigenvalue weighted by Crippen LogP contribution is 2.11. The maximum atomic E-state index is 13.8. The van der Waals surface area contributed by atoms with Crippen molar-refractivity contribution in [3.63, 3.8) is 0 Å². The van der Waals surface area contributed by atoms with Crippen LogP contribution < -0.4 is 21.8 Å². The van der Waals surface area contributed by atoms with Crippen molar-refractivity contribution in [2.75, 3.05) is 6.54 Å². The molecular formula is C14H20BF2N3O5. The van der Waals surface area contributed by atoms with Gasteiger partial charge in [-0.3, -0.25) is 10.1 Å². The lowest BCUT2D eigenvalue weighted by molar-refractivity contribution is -0.109. The second-order valence-corrected chi connectivity index (χ2v) is 5.36. The van der Waals surface area contributed by atoms with Crippen LogP contribution in [-0.2, 0) is 4.79 Å². The summed E-state index contributed by atoms with van der Waals surface area (Å²) in [5.41, 5.74) is 4.00. The minimum atomic E-state index is -2.08. The van der Waals surface area contributed by atoms with Crippen LogP contribution in [0.15, 0.2) is 12.1 Å². The molecule has 7 N–H and O–H groups in total. The van der Waals surface area contributed by atoms with E-state index in [0.29, 0.717) is 37.7 Å². The molecule has 0 bridgehead atoms.